The smallest absolute Gasteiger partial charge is 0.312 e. The molecule has 7 heteroatoms. The third-order valence-electron chi connectivity index (χ3n) is 5.56. The summed E-state index contributed by atoms with van der Waals surface area (Å²) in [7, 11) is 1.42. The number of carbonyl (C=O) groups excluding carboxylic acids is 1. The minimum atomic E-state index is -0.212. The number of hydrogen-bond donors (Lipinski definition) is 0. The topological polar surface area (TPSA) is 82.3 Å². The van der Waals surface area contributed by atoms with Crippen LogP contribution in [0.5, 0.6) is 0 Å². The number of carbonyl (C=O) groups is 1. The van der Waals surface area contributed by atoms with Crippen molar-refractivity contribution in [2.45, 2.75) is 25.4 Å². The fourth-order valence-corrected chi connectivity index (χ4v) is 3.93. The molecular formula is C23H21N5O2. The van der Waals surface area contributed by atoms with Crippen molar-refractivity contribution in [3.63, 3.8) is 0 Å². The van der Waals surface area contributed by atoms with Crippen LogP contribution in [-0.2, 0) is 16.1 Å². The van der Waals surface area contributed by atoms with Crippen LogP contribution in [0.2, 0.25) is 0 Å². The van der Waals surface area contributed by atoms with Gasteiger partial charge in [-0.15, -0.1) is 5.10 Å². The number of rotatable bonds is 4. The van der Waals surface area contributed by atoms with E-state index in [1.54, 1.807) is 6.20 Å². The summed E-state index contributed by atoms with van der Waals surface area (Å²) in [6, 6.07) is 10.2. The first-order valence-electron chi connectivity index (χ1n) is 9.98. The maximum atomic E-state index is 11.7. The van der Waals surface area contributed by atoms with E-state index in [0.717, 1.165) is 39.3 Å². The highest BCUT2D eigenvalue weighted by molar-refractivity contribution is 5.78. The molecule has 1 aromatic carbocycles. The molecule has 5 rings (SSSR count). The van der Waals surface area contributed by atoms with E-state index in [9.17, 15) is 4.79 Å². The SMILES string of the molecule is COC(=O)C1C=CC(C2CC=c3nnn(Cc4ccc5ncccc5c4)c3=N2)=CC1. The van der Waals surface area contributed by atoms with Gasteiger partial charge in [-0.25, -0.2) is 4.68 Å². The van der Waals surface area contributed by atoms with Gasteiger partial charge in [-0.05, 0) is 42.2 Å². The lowest BCUT2D eigenvalue weighted by Crippen LogP contribution is -2.36. The molecule has 2 aliphatic rings. The van der Waals surface area contributed by atoms with Crippen LogP contribution in [0.1, 0.15) is 18.4 Å². The number of aromatic nitrogens is 4. The van der Waals surface area contributed by atoms with E-state index in [2.05, 4.69) is 45.6 Å². The van der Waals surface area contributed by atoms with Gasteiger partial charge in [0.2, 0.25) is 0 Å². The third kappa shape index (κ3) is 3.43. The molecule has 0 amide bonds. The van der Waals surface area contributed by atoms with Gasteiger partial charge >= 0.3 is 5.97 Å². The molecule has 30 heavy (non-hydrogen) atoms. The quantitative estimate of drug-likeness (QED) is 0.624. The summed E-state index contributed by atoms with van der Waals surface area (Å²) in [5.41, 5.74) is 4.00. The Morgan fingerprint density at radius 3 is 3.00 bits per heavy atom. The fourth-order valence-electron chi connectivity index (χ4n) is 3.93. The Balaban J connectivity index is 1.41. The van der Waals surface area contributed by atoms with Crippen LogP contribution in [-0.4, -0.2) is 39.1 Å². The molecule has 150 valence electrons. The summed E-state index contributed by atoms with van der Waals surface area (Å²) >= 11 is 0. The first-order valence-corrected chi connectivity index (χ1v) is 9.98. The Morgan fingerprint density at radius 2 is 2.17 bits per heavy atom. The number of methoxy groups -OCH3 is 1. The van der Waals surface area contributed by atoms with Gasteiger partial charge in [0, 0.05) is 11.6 Å². The second-order valence-corrected chi connectivity index (χ2v) is 7.50. The Labute approximate surface area is 173 Å². The van der Waals surface area contributed by atoms with Crippen molar-refractivity contribution in [1.82, 2.24) is 20.0 Å². The zero-order valence-corrected chi connectivity index (χ0v) is 16.6. The molecule has 0 N–H and O–H groups in total. The Kier molecular flexibility index (Phi) is 4.71. The number of ether oxygens (including phenoxy) is 1. The second kappa shape index (κ2) is 7.67. The predicted molar refractivity (Wildman–Crippen MR) is 112 cm³/mol. The second-order valence-electron chi connectivity index (χ2n) is 7.50. The Bertz CT molecular complexity index is 1300. The molecule has 0 bridgehead atoms. The molecule has 7 nitrogen and oxygen atoms in total. The summed E-state index contributed by atoms with van der Waals surface area (Å²) in [6.45, 7) is 0.594. The van der Waals surface area contributed by atoms with Crippen LogP contribution in [0.4, 0.5) is 0 Å². The highest BCUT2D eigenvalue weighted by Gasteiger charge is 2.22. The van der Waals surface area contributed by atoms with E-state index >= 15 is 0 Å². The molecule has 2 atom stereocenters. The highest BCUT2D eigenvalue weighted by atomic mass is 16.5. The molecule has 0 saturated heterocycles. The first-order chi connectivity index (χ1) is 14.7. The Morgan fingerprint density at radius 1 is 1.23 bits per heavy atom. The van der Waals surface area contributed by atoms with Gasteiger partial charge in [-0.2, -0.15) is 0 Å². The lowest BCUT2D eigenvalue weighted by Gasteiger charge is -2.19. The largest absolute Gasteiger partial charge is 0.469 e. The molecule has 1 aliphatic carbocycles. The minimum Gasteiger partial charge on any atom is -0.469 e. The summed E-state index contributed by atoms with van der Waals surface area (Å²) in [4.78, 5) is 21.0. The van der Waals surface area contributed by atoms with Crippen LogP contribution in [0.15, 0.2) is 65.3 Å². The van der Waals surface area contributed by atoms with E-state index < -0.39 is 0 Å². The number of allylic oxidation sites excluding steroid dienone is 1. The summed E-state index contributed by atoms with van der Waals surface area (Å²) in [5, 5.41) is 10.5. The van der Waals surface area contributed by atoms with Crippen molar-refractivity contribution in [2.24, 2.45) is 10.9 Å². The van der Waals surface area contributed by atoms with Gasteiger partial charge < -0.3 is 4.74 Å². The molecule has 0 radical (unpaired) electrons. The van der Waals surface area contributed by atoms with E-state index in [4.69, 9.17) is 9.73 Å². The van der Waals surface area contributed by atoms with E-state index in [-0.39, 0.29) is 17.9 Å². The molecule has 0 spiro atoms. The number of benzene rings is 1. The summed E-state index contributed by atoms with van der Waals surface area (Å²) < 4.78 is 6.68. The van der Waals surface area contributed by atoms with Gasteiger partial charge in [-0.3, -0.25) is 14.8 Å². The summed E-state index contributed by atoms with van der Waals surface area (Å²) in [5.74, 6) is -0.416. The van der Waals surface area contributed by atoms with Crippen molar-refractivity contribution >= 4 is 22.9 Å². The molecule has 2 aromatic heterocycles. The minimum absolute atomic E-state index is 0.00500. The predicted octanol–water partition coefficient (Wildman–Crippen LogP) is 1.72. The fraction of sp³-hybridized carbons (Fsp3) is 0.261. The van der Waals surface area contributed by atoms with Crippen molar-refractivity contribution in [3.8, 4) is 0 Å². The van der Waals surface area contributed by atoms with Crippen molar-refractivity contribution in [2.75, 3.05) is 7.11 Å². The van der Waals surface area contributed by atoms with Crippen LogP contribution < -0.4 is 10.8 Å². The van der Waals surface area contributed by atoms with Gasteiger partial charge in [-0.1, -0.05) is 41.7 Å². The average Bonchev–Trinajstić information content (AvgIpc) is 3.20. The molecule has 0 fully saturated rings. The van der Waals surface area contributed by atoms with Crippen molar-refractivity contribution < 1.29 is 9.53 Å². The highest BCUT2D eigenvalue weighted by Crippen LogP contribution is 2.23. The number of hydrogen-bond acceptors (Lipinski definition) is 6. The zero-order chi connectivity index (χ0) is 20.5. The van der Waals surface area contributed by atoms with Crippen molar-refractivity contribution in [1.29, 1.82) is 0 Å². The van der Waals surface area contributed by atoms with E-state index in [1.165, 1.54) is 7.11 Å². The van der Waals surface area contributed by atoms with E-state index in [1.807, 2.05) is 29.0 Å². The maximum absolute atomic E-state index is 11.7. The molecule has 0 saturated carbocycles. The third-order valence-corrected chi connectivity index (χ3v) is 5.56. The summed E-state index contributed by atoms with van der Waals surface area (Å²) in [6.07, 6.45) is 11.3. The van der Waals surface area contributed by atoms with Gasteiger partial charge in [0.15, 0.2) is 5.49 Å². The molecule has 3 aromatic rings. The standard InChI is InChI=1S/C23H21N5O2/c1-30-23(29)17-7-5-16(6-8-17)20-10-11-21-22(25-20)28(27-26-21)14-15-4-9-19-18(13-15)3-2-12-24-19/h2-7,9,11-13,17,20H,8,10,14H2,1H3. The van der Waals surface area contributed by atoms with Crippen LogP contribution >= 0.6 is 0 Å². The van der Waals surface area contributed by atoms with Crippen molar-refractivity contribution in [3.05, 3.63) is 76.7 Å². The molecule has 1 aliphatic heterocycles. The van der Waals surface area contributed by atoms with E-state index in [0.29, 0.717) is 13.0 Å². The molecule has 2 unspecified atom stereocenters. The van der Waals surface area contributed by atoms with Gasteiger partial charge in [0.1, 0.15) is 5.35 Å². The zero-order valence-electron chi connectivity index (χ0n) is 16.6. The monoisotopic (exact) mass is 399 g/mol. The maximum Gasteiger partial charge on any atom is 0.312 e. The molecule has 3 heterocycles. The lowest BCUT2D eigenvalue weighted by atomic mass is 9.92. The number of fused-ring (bicyclic) bond motifs is 2. The van der Waals surface area contributed by atoms with Crippen LogP contribution in [0, 0.1) is 5.92 Å². The van der Waals surface area contributed by atoms with Gasteiger partial charge in [0.25, 0.3) is 0 Å². The van der Waals surface area contributed by atoms with Crippen LogP contribution in [0.3, 0.4) is 0 Å². The normalized spacial score (nSPS) is 20.1. The van der Waals surface area contributed by atoms with Gasteiger partial charge in [0.05, 0.1) is 31.1 Å². The Hall–Kier alpha value is -3.61. The molecular weight excluding hydrogens is 378 g/mol. The number of pyridine rings is 1. The average molecular weight is 399 g/mol. The number of nitrogens with zero attached hydrogens (tertiary/aromatic N) is 5. The lowest BCUT2D eigenvalue weighted by molar-refractivity contribution is -0.143. The first kappa shape index (κ1) is 18.4. The number of esters is 1. The van der Waals surface area contributed by atoms with Crippen LogP contribution in [0.25, 0.3) is 17.0 Å².